The van der Waals surface area contributed by atoms with Gasteiger partial charge in [-0.2, -0.15) is 5.10 Å². The maximum Gasteiger partial charge on any atom is 0.335 e. The van der Waals surface area contributed by atoms with E-state index in [4.69, 9.17) is 5.11 Å². The lowest BCUT2D eigenvalue weighted by atomic mass is 10.1. The largest absolute Gasteiger partial charge is 0.478 e. The van der Waals surface area contributed by atoms with Crippen LogP contribution in [0.1, 0.15) is 35.7 Å². The Balaban J connectivity index is 1.77. The number of amides is 1. The minimum Gasteiger partial charge on any atom is -0.478 e. The molecule has 2 aromatic rings. The summed E-state index contributed by atoms with van der Waals surface area (Å²) >= 11 is 0. The molecule has 1 amide bonds. The summed E-state index contributed by atoms with van der Waals surface area (Å²) < 4.78 is 0. The molecule has 25 heavy (non-hydrogen) atoms. The van der Waals surface area contributed by atoms with Crippen molar-refractivity contribution in [3.05, 3.63) is 59.7 Å². The molecule has 1 saturated heterocycles. The molecule has 0 aromatic heterocycles. The van der Waals surface area contributed by atoms with Gasteiger partial charge in [-0.15, -0.1) is 0 Å². The highest BCUT2D eigenvalue weighted by Gasteiger charge is 2.21. The number of carbonyl (C=O) groups is 2. The second-order valence-corrected chi connectivity index (χ2v) is 5.89. The first-order valence-corrected chi connectivity index (χ1v) is 8.09. The molecule has 128 valence electrons. The number of hydrazone groups is 1. The highest BCUT2D eigenvalue weighted by molar-refractivity contribution is 6.01. The summed E-state index contributed by atoms with van der Waals surface area (Å²) in [6.45, 7) is 2.61. The van der Waals surface area contributed by atoms with Crippen LogP contribution in [0.2, 0.25) is 0 Å². The van der Waals surface area contributed by atoms with E-state index in [0.717, 1.165) is 29.9 Å². The third-order valence-corrected chi connectivity index (χ3v) is 4.11. The highest BCUT2D eigenvalue weighted by atomic mass is 16.4. The van der Waals surface area contributed by atoms with E-state index in [-0.39, 0.29) is 11.5 Å². The number of rotatable bonds is 5. The van der Waals surface area contributed by atoms with E-state index in [0.29, 0.717) is 12.1 Å². The summed E-state index contributed by atoms with van der Waals surface area (Å²) in [7, 11) is 0. The molecule has 0 radical (unpaired) electrons. The predicted molar refractivity (Wildman–Crippen MR) is 97.3 cm³/mol. The smallest absolute Gasteiger partial charge is 0.335 e. The molecule has 0 atom stereocenters. The minimum atomic E-state index is -0.979. The molecule has 0 spiro atoms. The van der Waals surface area contributed by atoms with Crippen LogP contribution in [0, 0.1) is 0 Å². The Bertz CT molecular complexity index is 845. The highest BCUT2D eigenvalue weighted by Crippen LogP contribution is 2.22. The van der Waals surface area contributed by atoms with Crippen molar-refractivity contribution in [1.82, 2.24) is 0 Å². The average molecular weight is 337 g/mol. The maximum absolute atomic E-state index is 11.9. The molecule has 0 unspecified atom stereocenters. The summed E-state index contributed by atoms with van der Waals surface area (Å²) in [5.74, 6) is -0.831. The molecule has 2 N–H and O–H groups in total. The molecule has 1 aliphatic rings. The van der Waals surface area contributed by atoms with Gasteiger partial charge in [-0.1, -0.05) is 18.2 Å². The Morgan fingerprint density at radius 2 is 1.92 bits per heavy atom. The van der Waals surface area contributed by atoms with Gasteiger partial charge in [0.2, 0.25) is 5.91 Å². The summed E-state index contributed by atoms with van der Waals surface area (Å²) in [5.41, 5.74) is 6.21. The Morgan fingerprint density at radius 3 is 2.64 bits per heavy atom. The van der Waals surface area contributed by atoms with Gasteiger partial charge in [-0.05, 0) is 49.2 Å². The van der Waals surface area contributed by atoms with Crippen LogP contribution in [0.3, 0.4) is 0 Å². The number of aromatic carboxylic acids is 1. The summed E-state index contributed by atoms with van der Waals surface area (Å²) in [6, 6.07) is 14.2. The first kappa shape index (κ1) is 16.7. The lowest BCUT2D eigenvalue weighted by Crippen LogP contribution is -2.23. The van der Waals surface area contributed by atoms with Crippen LogP contribution in [0.15, 0.2) is 53.6 Å². The topological polar surface area (TPSA) is 82.0 Å². The first-order chi connectivity index (χ1) is 12.0. The number of hydrogen-bond donors (Lipinski definition) is 2. The Morgan fingerprint density at radius 1 is 1.16 bits per heavy atom. The number of benzene rings is 2. The number of carbonyl (C=O) groups excluding carboxylic acids is 1. The van der Waals surface area contributed by atoms with E-state index in [1.165, 1.54) is 12.1 Å². The van der Waals surface area contributed by atoms with Crippen molar-refractivity contribution in [3.63, 3.8) is 0 Å². The van der Waals surface area contributed by atoms with Crippen molar-refractivity contribution in [2.24, 2.45) is 5.10 Å². The van der Waals surface area contributed by atoms with Crippen LogP contribution in [0.25, 0.3) is 0 Å². The average Bonchev–Trinajstić information content (AvgIpc) is 3.06. The van der Waals surface area contributed by atoms with E-state index in [9.17, 15) is 9.59 Å². The molecule has 6 nitrogen and oxygen atoms in total. The molecular weight excluding hydrogens is 318 g/mol. The van der Waals surface area contributed by atoms with E-state index < -0.39 is 5.97 Å². The lowest BCUT2D eigenvalue weighted by molar-refractivity contribution is -0.117. The van der Waals surface area contributed by atoms with E-state index in [1.54, 1.807) is 17.0 Å². The van der Waals surface area contributed by atoms with Crippen LogP contribution in [-0.4, -0.2) is 29.2 Å². The molecule has 2 aromatic carbocycles. The molecule has 6 heteroatoms. The van der Waals surface area contributed by atoms with E-state index in [2.05, 4.69) is 10.5 Å². The van der Waals surface area contributed by atoms with Crippen molar-refractivity contribution >= 4 is 29.0 Å². The van der Waals surface area contributed by atoms with E-state index in [1.807, 2.05) is 31.2 Å². The third kappa shape index (κ3) is 3.85. The SMILES string of the molecule is C/C(=N/Nc1cccc(C(=O)O)c1)c1cccc(N2CCCC2=O)c1. The summed E-state index contributed by atoms with van der Waals surface area (Å²) in [4.78, 5) is 24.7. The first-order valence-electron chi connectivity index (χ1n) is 8.09. The van der Waals surface area contributed by atoms with Crippen LogP contribution < -0.4 is 10.3 Å². The molecule has 1 heterocycles. The Hall–Kier alpha value is -3.15. The molecule has 0 aliphatic carbocycles. The van der Waals surface area contributed by atoms with Crippen molar-refractivity contribution in [2.75, 3.05) is 16.9 Å². The zero-order valence-electron chi connectivity index (χ0n) is 13.9. The van der Waals surface area contributed by atoms with E-state index >= 15 is 0 Å². The molecular formula is C19H19N3O3. The molecule has 0 bridgehead atoms. The fourth-order valence-electron chi connectivity index (χ4n) is 2.75. The maximum atomic E-state index is 11.9. The summed E-state index contributed by atoms with van der Waals surface area (Å²) in [6.07, 6.45) is 1.48. The van der Waals surface area contributed by atoms with Gasteiger partial charge in [-0.3, -0.25) is 10.2 Å². The molecule has 1 fully saturated rings. The number of carboxylic acid groups (broad SMARTS) is 1. The molecule has 1 aliphatic heterocycles. The lowest BCUT2D eigenvalue weighted by Gasteiger charge is -2.16. The van der Waals surface area contributed by atoms with Crippen molar-refractivity contribution < 1.29 is 14.7 Å². The second-order valence-electron chi connectivity index (χ2n) is 5.89. The number of anilines is 2. The van der Waals surface area contributed by atoms with Crippen LogP contribution in [0.4, 0.5) is 11.4 Å². The van der Waals surface area contributed by atoms with Gasteiger partial charge in [-0.25, -0.2) is 4.79 Å². The van der Waals surface area contributed by atoms with Gasteiger partial charge in [0.25, 0.3) is 0 Å². The van der Waals surface area contributed by atoms with Crippen LogP contribution in [-0.2, 0) is 4.79 Å². The second kappa shape index (κ2) is 7.17. The zero-order chi connectivity index (χ0) is 17.8. The van der Waals surface area contributed by atoms with Gasteiger partial charge < -0.3 is 10.0 Å². The van der Waals surface area contributed by atoms with Gasteiger partial charge in [0.1, 0.15) is 0 Å². The quantitative estimate of drug-likeness (QED) is 0.647. The normalized spacial score (nSPS) is 14.7. The van der Waals surface area contributed by atoms with Crippen molar-refractivity contribution in [2.45, 2.75) is 19.8 Å². The number of hydrogen-bond acceptors (Lipinski definition) is 4. The van der Waals surface area contributed by atoms with Crippen molar-refractivity contribution in [3.8, 4) is 0 Å². The fourth-order valence-corrected chi connectivity index (χ4v) is 2.75. The molecule has 3 rings (SSSR count). The monoisotopic (exact) mass is 337 g/mol. The van der Waals surface area contributed by atoms with Crippen LogP contribution in [0.5, 0.6) is 0 Å². The standard InChI is InChI=1S/C19H19N3O3/c1-13(20-21-16-7-2-6-15(11-16)19(24)25)14-5-3-8-17(12-14)22-10-4-9-18(22)23/h2-3,5-8,11-12,21H,4,9-10H2,1H3,(H,24,25)/b20-13-. The Labute approximate surface area is 145 Å². The number of nitrogens with one attached hydrogen (secondary N) is 1. The summed E-state index contributed by atoms with van der Waals surface area (Å²) in [5, 5.41) is 13.3. The van der Waals surface area contributed by atoms with Gasteiger partial charge in [0.05, 0.1) is 17.0 Å². The van der Waals surface area contributed by atoms with Crippen molar-refractivity contribution in [1.29, 1.82) is 0 Å². The Kier molecular flexibility index (Phi) is 4.79. The minimum absolute atomic E-state index is 0.148. The van der Waals surface area contributed by atoms with Gasteiger partial charge in [0, 0.05) is 18.7 Å². The zero-order valence-corrected chi connectivity index (χ0v) is 13.9. The number of carboxylic acids is 1. The van der Waals surface area contributed by atoms with Gasteiger partial charge >= 0.3 is 5.97 Å². The number of nitrogens with zero attached hydrogens (tertiary/aromatic N) is 2. The molecule has 0 saturated carbocycles. The van der Waals surface area contributed by atoms with Gasteiger partial charge in [0.15, 0.2) is 0 Å². The third-order valence-electron chi connectivity index (χ3n) is 4.11. The van der Waals surface area contributed by atoms with Crippen LogP contribution >= 0.6 is 0 Å². The predicted octanol–water partition coefficient (Wildman–Crippen LogP) is 3.35. The fraction of sp³-hybridized carbons (Fsp3) is 0.211.